The van der Waals surface area contributed by atoms with E-state index < -0.39 is 15.9 Å². The van der Waals surface area contributed by atoms with Gasteiger partial charge in [0.1, 0.15) is 5.75 Å². The van der Waals surface area contributed by atoms with Crippen LogP contribution in [0.2, 0.25) is 0 Å². The Hall–Kier alpha value is -1.90. The summed E-state index contributed by atoms with van der Waals surface area (Å²) in [7, 11) is -3.67. The number of aromatic hydroxyl groups is 1. The van der Waals surface area contributed by atoms with Crippen LogP contribution < -0.4 is 10.0 Å². The normalized spacial score (nSPS) is 11.2. The molecule has 0 aliphatic rings. The minimum Gasteiger partial charge on any atom is -0.506 e. The molecule has 8 heteroatoms. The molecule has 6 nitrogen and oxygen atoms in total. The molecular weight excluding hydrogens is 396 g/mol. The predicted molar refractivity (Wildman–Crippen MR) is 95.4 cm³/mol. The van der Waals surface area contributed by atoms with Crippen LogP contribution in [-0.4, -0.2) is 26.0 Å². The van der Waals surface area contributed by atoms with Crippen molar-refractivity contribution in [2.45, 2.75) is 18.2 Å². The van der Waals surface area contributed by atoms with E-state index in [1.54, 1.807) is 24.3 Å². The molecule has 0 aromatic heterocycles. The third-order valence-electron chi connectivity index (χ3n) is 3.18. The molecule has 0 aliphatic heterocycles. The Balaban J connectivity index is 1.90. The van der Waals surface area contributed by atoms with Crippen LogP contribution in [0.25, 0.3) is 0 Å². The number of nitrogens with one attached hydrogen (secondary N) is 2. The molecule has 3 N–H and O–H groups in total. The summed E-state index contributed by atoms with van der Waals surface area (Å²) >= 11 is 3.21. The summed E-state index contributed by atoms with van der Waals surface area (Å²) in [5.74, 6) is -0.427. The molecule has 0 saturated heterocycles. The van der Waals surface area contributed by atoms with Gasteiger partial charge in [-0.3, -0.25) is 4.79 Å². The van der Waals surface area contributed by atoms with Crippen molar-refractivity contribution < 1.29 is 18.3 Å². The number of phenols is 1. The van der Waals surface area contributed by atoms with E-state index in [9.17, 15) is 18.3 Å². The largest absolute Gasteiger partial charge is 0.506 e. The molecule has 2 rings (SSSR count). The lowest BCUT2D eigenvalue weighted by atomic mass is 10.2. The summed E-state index contributed by atoms with van der Waals surface area (Å²) in [5, 5.41) is 12.3. The summed E-state index contributed by atoms with van der Waals surface area (Å²) in [6.07, 6.45) is -0.0550. The minimum atomic E-state index is -3.67. The van der Waals surface area contributed by atoms with Crippen molar-refractivity contribution in [1.29, 1.82) is 0 Å². The van der Waals surface area contributed by atoms with E-state index in [0.29, 0.717) is 10.2 Å². The van der Waals surface area contributed by atoms with Crippen LogP contribution in [-0.2, 0) is 14.8 Å². The average molecular weight is 413 g/mol. The Morgan fingerprint density at radius 3 is 2.62 bits per heavy atom. The van der Waals surface area contributed by atoms with Crippen molar-refractivity contribution in [2.24, 2.45) is 0 Å². The van der Waals surface area contributed by atoms with Crippen molar-refractivity contribution in [3.8, 4) is 5.75 Å². The van der Waals surface area contributed by atoms with Crippen LogP contribution in [0, 0.1) is 6.92 Å². The fourth-order valence-corrected chi connectivity index (χ4v) is 3.60. The number of aryl methyl sites for hydroxylation is 1. The Bertz CT molecular complexity index is 853. The van der Waals surface area contributed by atoms with Crippen LogP contribution in [0.1, 0.15) is 12.0 Å². The van der Waals surface area contributed by atoms with Gasteiger partial charge in [-0.25, -0.2) is 13.1 Å². The molecular formula is C16H17BrN2O4S. The number of hydrogen-bond acceptors (Lipinski definition) is 4. The van der Waals surface area contributed by atoms with Gasteiger partial charge in [0.2, 0.25) is 15.9 Å². The lowest BCUT2D eigenvalue weighted by molar-refractivity contribution is -0.116. The van der Waals surface area contributed by atoms with Gasteiger partial charge in [0.25, 0.3) is 0 Å². The zero-order chi connectivity index (χ0) is 17.7. The smallest absolute Gasteiger partial charge is 0.240 e. The van der Waals surface area contributed by atoms with E-state index in [0.717, 1.165) is 5.56 Å². The van der Waals surface area contributed by atoms with Gasteiger partial charge >= 0.3 is 0 Å². The maximum Gasteiger partial charge on any atom is 0.240 e. The number of halogens is 1. The Morgan fingerprint density at radius 2 is 1.96 bits per heavy atom. The van der Waals surface area contributed by atoms with Crippen LogP contribution in [0.5, 0.6) is 5.75 Å². The maximum absolute atomic E-state index is 12.1. The molecule has 0 fully saturated rings. The first-order valence-electron chi connectivity index (χ1n) is 7.12. The molecule has 0 atom stereocenters. The molecule has 2 aromatic rings. The second-order valence-corrected chi connectivity index (χ2v) is 7.86. The van der Waals surface area contributed by atoms with E-state index in [1.807, 2.05) is 6.92 Å². The zero-order valence-corrected chi connectivity index (χ0v) is 15.3. The molecule has 24 heavy (non-hydrogen) atoms. The highest BCUT2D eigenvalue weighted by Crippen LogP contribution is 2.23. The minimum absolute atomic E-state index is 0.0296. The molecule has 2 aromatic carbocycles. The number of carbonyl (C=O) groups excluding carboxylic acids is 1. The van der Waals surface area contributed by atoms with Crippen molar-refractivity contribution in [3.63, 3.8) is 0 Å². The summed E-state index contributed by atoms with van der Waals surface area (Å²) in [6.45, 7) is 1.77. The van der Waals surface area contributed by atoms with Crippen LogP contribution in [0.4, 0.5) is 5.69 Å². The highest BCUT2D eigenvalue weighted by atomic mass is 79.9. The monoisotopic (exact) mass is 412 g/mol. The Labute approximate surface area is 149 Å². The van der Waals surface area contributed by atoms with E-state index in [4.69, 9.17) is 0 Å². The molecule has 0 radical (unpaired) electrons. The molecule has 1 amide bonds. The number of benzene rings is 2. The van der Waals surface area contributed by atoms with Crippen molar-refractivity contribution in [3.05, 3.63) is 52.5 Å². The first kappa shape index (κ1) is 18.4. The fourth-order valence-electron chi connectivity index (χ4n) is 1.98. The van der Waals surface area contributed by atoms with Gasteiger partial charge in [-0.05, 0) is 42.8 Å². The highest BCUT2D eigenvalue weighted by molar-refractivity contribution is 9.10. The third-order valence-corrected chi connectivity index (χ3v) is 5.13. The van der Waals surface area contributed by atoms with Crippen LogP contribution >= 0.6 is 15.9 Å². The van der Waals surface area contributed by atoms with Gasteiger partial charge in [0.15, 0.2) is 0 Å². The first-order valence-corrected chi connectivity index (χ1v) is 9.40. The van der Waals surface area contributed by atoms with Gasteiger partial charge in [-0.2, -0.15) is 0 Å². The van der Waals surface area contributed by atoms with Crippen molar-refractivity contribution in [2.75, 3.05) is 11.9 Å². The van der Waals surface area contributed by atoms with Gasteiger partial charge in [-0.15, -0.1) is 0 Å². The lowest BCUT2D eigenvalue weighted by Gasteiger charge is -2.09. The number of sulfonamides is 1. The molecule has 0 spiro atoms. The summed E-state index contributed by atoms with van der Waals surface area (Å²) in [4.78, 5) is 12.0. The second-order valence-electron chi connectivity index (χ2n) is 5.17. The highest BCUT2D eigenvalue weighted by Gasteiger charge is 2.14. The quantitative estimate of drug-likeness (QED) is 0.635. The predicted octanol–water partition coefficient (Wildman–Crippen LogP) is 2.77. The fraction of sp³-hybridized carbons (Fsp3) is 0.188. The number of anilines is 1. The molecule has 0 aliphatic carbocycles. The van der Waals surface area contributed by atoms with Crippen molar-refractivity contribution in [1.82, 2.24) is 4.72 Å². The second kappa shape index (κ2) is 7.78. The molecule has 0 unspecified atom stereocenters. The van der Waals surface area contributed by atoms with Gasteiger partial charge in [0, 0.05) is 17.4 Å². The topological polar surface area (TPSA) is 95.5 Å². The van der Waals surface area contributed by atoms with E-state index in [-0.39, 0.29) is 23.6 Å². The zero-order valence-electron chi connectivity index (χ0n) is 12.9. The molecule has 0 bridgehead atoms. The standard InChI is InChI=1S/C16H17BrN2O4S/c1-11-5-6-14(15(20)9-11)19-16(21)7-8-18-24(22,23)13-4-2-3-12(17)10-13/h2-6,9-10,18,20H,7-8H2,1H3,(H,19,21). The lowest BCUT2D eigenvalue weighted by Crippen LogP contribution is -2.27. The van der Waals surface area contributed by atoms with Gasteiger partial charge < -0.3 is 10.4 Å². The van der Waals surface area contributed by atoms with E-state index in [1.165, 1.54) is 18.2 Å². The van der Waals surface area contributed by atoms with Gasteiger partial charge in [0.05, 0.1) is 10.6 Å². The molecule has 128 valence electrons. The number of rotatable bonds is 6. The summed E-state index contributed by atoms with van der Waals surface area (Å²) in [6, 6.07) is 11.2. The van der Waals surface area contributed by atoms with Crippen LogP contribution in [0.15, 0.2) is 51.8 Å². The van der Waals surface area contributed by atoms with E-state index >= 15 is 0 Å². The average Bonchev–Trinajstić information content (AvgIpc) is 2.50. The van der Waals surface area contributed by atoms with E-state index in [2.05, 4.69) is 26.0 Å². The van der Waals surface area contributed by atoms with Crippen LogP contribution in [0.3, 0.4) is 0 Å². The SMILES string of the molecule is Cc1ccc(NC(=O)CCNS(=O)(=O)c2cccc(Br)c2)c(O)c1. The molecule has 0 heterocycles. The third kappa shape index (κ3) is 5.05. The van der Waals surface area contributed by atoms with Gasteiger partial charge in [-0.1, -0.05) is 28.1 Å². The number of carbonyl (C=O) groups is 1. The number of hydrogen-bond donors (Lipinski definition) is 3. The van der Waals surface area contributed by atoms with Crippen molar-refractivity contribution >= 4 is 37.5 Å². The number of phenolic OH excluding ortho intramolecular Hbond substituents is 1. The molecule has 0 saturated carbocycles. The number of amides is 1. The first-order chi connectivity index (χ1) is 11.3. The maximum atomic E-state index is 12.1. The summed E-state index contributed by atoms with van der Waals surface area (Å²) in [5.41, 5.74) is 1.16. The Morgan fingerprint density at radius 1 is 1.21 bits per heavy atom. The Kier molecular flexibility index (Phi) is 5.98. The summed E-state index contributed by atoms with van der Waals surface area (Å²) < 4.78 is 27.2.